The van der Waals surface area contributed by atoms with E-state index in [1.165, 1.54) is 5.56 Å². The van der Waals surface area contributed by atoms with Gasteiger partial charge in [0.2, 0.25) is 0 Å². The van der Waals surface area contributed by atoms with Gasteiger partial charge in [-0.1, -0.05) is 72.8 Å². The predicted molar refractivity (Wildman–Crippen MR) is 153 cm³/mol. The first-order valence-corrected chi connectivity index (χ1v) is 14.9. The van der Waals surface area contributed by atoms with Gasteiger partial charge >= 0.3 is 0 Å². The second-order valence-corrected chi connectivity index (χ2v) is 12.2. The highest BCUT2D eigenvalue weighted by atomic mass is 32.2. The van der Waals surface area contributed by atoms with Gasteiger partial charge in [0.05, 0.1) is 16.7 Å². The van der Waals surface area contributed by atoms with E-state index in [-0.39, 0.29) is 17.7 Å². The molecule has 1 heterocycles. The normalized spacial score (nSPS) is 15.8. The Balaban J connectivity index is 1.18. The van der Waals surface area contributed by atoms with Gasteiger partial charge in [0.25, 0.3) is 5.91 Å². The summed E-state index contributed by atoms with van der Waals surface area (Å²) in [7, 11) is -3.27. The van der Waals surface area contributed by atoms with Crippen molar-refractivity contribution in [2.24, 2.45) is 0 Å². The Morgan fingerprint density at radius 3 is 2.37 bits per heavy atom. The van der Waals surface area contributed by atoms with Crippen molar-refractivity contribution in [1.29, 1.82) is 0 Å². The topological polar surface area (TPSA) is 66.5 Å². The molecule has 1 aliphatic rings. The summed E-state index contributed by atoms with van der Waals surface area (Å²) in [5, 5.41) is 5.50. The second-order valence-electron chi connectivity index (χ2n) is 10.1. The van der Waals surface area contributed by atoms with Crippen molar-refractivity contribution in [3.8, 4) is 0 Å². The molecule has 1 aliphatic heterocycles. The van der Waals surface area contributed by atoms with Crippen LogP contribution in [0.2, 0.25) is 0 Å². The summed E-state index contributed by atoms with van der Waals surface area (Å²) in [4.78, 5) is 15.8. The van der Waals surface area contributed by atoms with Crippen LogP contribution in [0.1, 0.15) is 53.2 Å². The lowest BCUT2D eigenvalue weighted by atomic mass is 9.88. The van der Waals surface area contributed by atoms with Crippen molar-refractivity contribution < 1.29 is 13.2 Å². The maximum absolute atomic E-state index is 13.2. The molecule has 0 aromatic heterocycles. The molecule has 1 saturated heterocycles. The fraction of sp³-hybridized carbons (Fsp3) is 0.281. The van der Waals surface area contributed by atoms with E-state index in [2.05, 4.69) is 40.5 Å². The summed E-state index contributed by atoms with van der Waals surface area (Å²) < 4.78 is 25.3. The van der Waals surface area contributed by atoms with Gasteiger partial charge in [-0.3, -0.25) is 4.79 Å². The summed E-state index contributed by atoms with van der Waals surface area (Å²) in [6.45, 7) is 4.27. The Bertz CT molecular complexity index is 1510. The lowest BCUT2D eigenvalue weighted by molar-refractivity contribution is 0.0940. The van der Waals surface area contributed by atoms with Crippen molar-refractivity contribution in [3.05, 3.63) is 114 Å². The predicted octanol–water partition coefficient (Wildman–Crippen LogP) is 5.98. The van der Waals surface area contributed by atoms with Crippen LogP contribution in [0.25, 0.3) is 10.8 Å². The summed E-state index contributed by atoms with van der Waals surface area (Å²) in [6, 6.07) is 30.9. The zero-order valence-corrected chi connectivity index (χ0v) is 22.5. The number of likely N-dealkylation sites (tertiary alicyclic amines) is 1. The molecule has 196 valence electrons. The van der Waals surface area contributed by atoms with Gasteiger partial charge in [0, 0.05) is 12.1 Å². The number of sulfone groups is 1. The highest BCUT2D eigenvalue weighted by molar-refractivity contribution is 7.91. The molecule has 0 radical (unpaired) electrons. The van der Waals surface area contributed by atoms with Gasteiger partial charge < -0.3 is 10.2 Å². The number of carbonyl (C=O) groups is 1. The van der Waals surface area contributed by atoms with Crippen LogP contribution in [-0.2, 0) is 9.84 Å². The van der Waals surface area contributed by atoms with Crippen molar-refractivity contribution in [2.75, 3.05) is 25.4 Å². The number of amides is 1. The molecule has 6 heteroatoms. The number of nitrogens with one attached hydrogen (secondary N) is 1. The number of piperidine rings is 1. The molecule has 38 heavy (non-hydrogen) atoms. The van der Waals surface area contributed by atoms with E-state index in [9.17, 15) is 13.2 Å². The van der Waals surface area contributed by atoms with Crippen LogP contribution in [0.4, 0.5) is 0 Å². The molecule has 5 nitrogen and oxygen atoms in total. The number of benzene rings is 4. The zero-order valence-electron chi connectivity index (χ0n) is 21.7. The number of hydrogen-bond donors (Lipinski definition) is 1. The zero-order chi connectivity index (χ0) is 26.5. The molecule has 0 spiro atoms. The van der Waals surface area contributed by atoms with Gasteiger partial charge in [-0.25, -0.2) is 8.42 Å². The van der Waals surface area contributed by atoms with E-state index in [0.29, 0.717) is 22.9 Å². The molecule has 5 rings (SSSR count). The van der Waals surface area contributed by atoms with Crippen LogP contribution in [-0.4, -0.2) is 44.6 Å². The van der Waals surface area contributed by atoms with E-state index < -0.39 is 9.84 Å². The maximum Gasteiger partial charge on any atom is 0.251 e. The minimum Gasteiger partial charge on any atom is -0.345 e. The van der Waals surface area contributed by atoms with Gasteiger partial charge in [0.1, 0.15) is 0 Å². The molecule has 1 unspecified atom stereocenters. The second kappa shape index (κ2) is 11.5. The Kier molecular flexibility index (Phi) is 7.91. The number of fused-ring (bicyclic) bond motifs is 1. The monoisotopic (exact) mass is 526 g/mol. The first-order valence-electron chi connectivity index (χ1n) is 13.3. The van der Waals surface area contributed by atoms with Crippen molar-refractivity contribution in [2.45, 2.75) is 36.6 Å². The van der Waals surface area contributed by atoms with E-state index in [1.54, 1.807) is 24.3 Å². The number of nitrogens with zero attached hydrogens (tertiary/aromatic N) is 1. The summed E-state index contributed by atoms with van der Waals surface area (Å²) in [5.74, 6) is 0.419. The van der Waals surface area contributed by atoms with Crippen LogP contribution < -0.4 is 5.32 Å². The summed E-state index contributed by atoms with van der Waals surface area (Å²) in [6.07, 6.45) is 1.89. The quantitative estimate of drug-likeness (QED) is 0.307. The average molecular weight is 527 g/mol. The first kappa shape index (κ1) is 26.1. The highest BCUT2D eigenvalue weighted by Gasteiger charge is 2.23. The summed E-state index contributed by atoms with van der Waals surface area (Å²) >= 11 is 0. The molecular formula is C32H34N2O3S. The van der Waals surface area contributed by atoms with Gasteiger partial charge in [0.15, 0.2) is 9.84 Å². The lowest BCUT2D eigenvalue weighted by Gasteiger charge is -2.32. The Morgan fingerprint density at radius 1 is 0.895 bits per heavy atom. The molecule has 4 aromatic carbocycles. The van der Waals surface area contributed by atoms with Crippen LogP contribution in [0, 0.1) is 0 Å². The van der Waals surface area contributed by atoms with E-state index in [1.807, 2.05) is 49.4 Å². The molecule has 4 aromatic rings. The fourth-order valence-electron chi connectivity index (χ4n) is 5.40. The number of carbonyl (C=O) groups excluding carboxylic acids is 1. The van der Waals surface area contributed by atoms with Gasteiger partial charge in [-0.15, -0.1) is 0 Å². The number of rotatable bonds is 8. The Morgan fingerprint density at radius 2 is 1.58 bits per heavy atom. The van der Waals surface area contributed by atoms with Crippen LogP contribution in [0.3, 0.4) is 0 Å². The van der Waals surface area contributed by atoms with E-state index >= 15 is 0 Å². The molecule has 0 saturated carbocycles. The smallest absolute Gasteiger partial charge is 0.251 e. The van der Waals surface area contributed by atoms with Crippen LogP contribution in [0.15, 0.2) is 102 Å². The van der Waals surface area contributed by atoms with Crippen molar-refractivity contribution >= 4 is 26.5 Å². The lowest BCUT2D eigenvalue weighted by Crippen LogP contribution is -2.36. The Labute approximate surface area is 225 Å². The molecule has 0 aliphatic carbocycles. The fourth-order valence-corrected chi connectivity index (χ4v) is 6.71. The van der Waals surface area contributed by atoms with Gasteiger partial charge in [-0.05, 0) is 84.9 Å². The molecule has 0 bridgehead atoms. The molecule has 1 atom stereocenters. The Hall–Kier alpha value is -3.48. The third kappa shape index (κ3) is 5.98. The number of hydrogen-bond acceptors (Lipinski definition) is 4. The summed E-state index contributed by atoms with van der Waals surface area (Å²) in [5.41, 5.74) is 2.95. The van der Waals surface area contributed by atoms with Gasteiger partial charge in [-0.2, -0.15) is 0 Å². The van der Waals surface area contributed by atoms with Crippen molar-refractivity contribution in [3.63, 3.8) is 0 Å². The maximum atomic E-state index is 13.2. The van der Waals surface area contributed by atoms with Crippen molar-refractivity contribution in [1.82, 2.24) is 10.2 Å². The molecule has 1 N–H and O–H groups in total. The standard InChI is InChI=1S/C32H34N2O3S/c1-24(30-16-8-10-26-9-5-6-15-31(26)30)33-32(35)28-12-7-11-27(23-28)25-17-19-34(20-18-25)21-22-38(36,37)29-13-3-2-4-14-29/h2-16,23-25H,17-22H2,1H3,(H,33,35). The average Bonchev–Trinajstić information content (AvgIpc) is 2.96. The van der Waals surface area contributed by atoms with Crippen LogP contribution >= 0.6 is 0 Å². The largest absolute Gasteiger partial charge is 0.345 e. The minimum absolute atomic E-state index is 0.0733. The molecular weight excluding hydrogens is 492 g/mol. The SMILES string of the molecule is CC(NC(=O)c1cccc(C2CCN(CCS(=O)(=O)c3ccccc3)CC2)c1)c1cccc2ccccc12. The van der Waals surface area contributed by atoms with E-state index in [4.69, 9.17) is 0 Å². The highest BCUT2D eigenvalue weighted by Crippen LogP contribution is 2.29. The van der Waals surface area contributed by atoms with E-state index in [0.717, 1.165) is 42.3 Å². The van der Waals surface area contributed by atoms with Crippen LogP contribution in [0.5, 0.6) is 0 Å². The molecule has 1 fully saturated rings. The third-order valence-electron chi connectivity index (χ3n) is 7.62. The minimum atomic E-state index is -3.27. The first-order chi connectivity index (χ1) is 18.4. The molecule has 1 amide bonds. The third-order valence-corrected chi connectivity index (χ3v) is 9.33.